The number of nitrogens with two attached hydrogens (primary N) is 1. The summed E-state index contributed by atoms with van der Waals surface area (Å²) in [7, 11) is -3.95. The van der Waals surface area contributed by atoms with Crippen molar-refractivity contribution in [1.82, 2.24) is 4.31 Å². The zero-order valence-corrected chi connectivity index (χ0v) is 12.8. The molecule has 21 heavy (non-hydrogen) atoms. The molecule has 0 amide bonds. The molecule has 0 radical (unpaired) electrons. The lowest BCUT2D eigenvalue weighted by molar-refractivity contribution is 0.261. The monoisotopic (exact) mass is 318 g/mol. The third-order valence-electron chi connectivity index (χ3n) is 4.03. The number of halogens is 2. The molecule has 1 aromatic rings. The number of rotatable bonds is 4. The molecule has 118 valence electrons. The molecule has 0 spiro atoms. The van der Waals surface area contributed by atoms with Gasteiger partial charge >= 0.3 is 0 Å². The van der Waals surface area contributed by atoms with Crippen molar-refractivity contribution >= 4 is 10.0 Å². The van der Waals surface area contributed by atoms with Gasteiger partial charge in [0.15, 0.2) is 5.82 Å². The third-order valence-corrected chi connectivity index (χ3v) is 5.91. The van der Waals surface area contributed by atoms with Gasteiger partial charge in [0.25, 0.3) is 0 Å². The smallest absolute Gasteiger partial charge is 0.246 e. The van der Waals surface area contributed by atoms with E-state index in [2.05, 4.69) is 0 Å². The summed E-state index contributed by atoms with van der Waals surface area (Å²) in [5.74, 6) is -1.61. The Kier molecular flexibility index (Phi) is 4.95. The van der Waals surface area contributed by atoms with Crippen LogP contribution in [0.15, 0.2) is 17.0 Å². The molecule has 4 nitrogen and oxygen atoms in total. The van der Waals surface area contributed by atoms with E-state index in [0.29, 0.717) is 13.1 Å². The standard InChI is InChI=1S/C14H20F2N2O2S/c1-2-10-4-3-7-18(9-10)21(19,20)13-6-5-12(15)11(8-17)14(13)16/h5-6,10H,2-4,7-9,17H2,1H3. The van der Waals surface area contributed by atoms with Gasteiger partial charge in [-0.3, -0.25) is 0 Å². The summed E-state index contributed by atoms with van der Waals surface area (Å²) in [5.41, 5.74) is 4.91. The maximum atomic E-state index is 14.2. The fourth-order valence-electron chi connectivity index (χ4n) is 2.68. The number of nitrogens with zero attached hydrogens (tertiary/aromatic N) is 1. The fourth-order valence-corrected chi connectivity index (χ4v) is 4.32. The quantitative estimate of drug-likeness (QED) is 0.926. The number of hydrogen-bond donors (Lipinski definition) is 1. The van der Waals surface area contributed by atoms with Crippen LogP contribution in [0.3, 0.4) is 0 Å². The Balaban J connectivity index is 2.40. The van der Waals surface area contributed by atoms with Crippen molar-refractivity contribution < 1.29 is 17.2 Å². The lowest BCUT2D eigenvalue weighted by atomic mass is 9.97. The van der Waals surface area contributed by atoms with Crippen LogP contribution in [0.4, 0.5) is 8.78 Å². The van der Waals surface area contributed by atoms with Crippen molar-refractivity contribution in [2.75, 3.05) is 13.1 Å². The maximum Gasteiger partial charge on any atom is 0.246 e. The van der Waals surface area contributed by atoms with Gasteiger partial charge in [-0.25, -0.2) is 17.2 Å². The van der Waals surface area contributed by atoms with Crippen molar-refractivity contribution in [1.29, 1.82) is 0 Å². The Morgan fingerprint density at radius 2 is 2.10 bits per heavy atom. The Hall–Kier alpha value is -1.05. The number of piperidine rings is 1. The minimum absolute atomic E-state index is 0.283. The third kappa shape index (κ3) is 3.09. The zero-order chi connectivity index (χ0) is 15.6. The number of benzene rings is 1. The minimum Gasteiger partial charge on any atom is -0.326 e. The summed E-state index contributed by atoms with van der Waals surface area (Å²) in [6, 6.07) is 1.94. The largest absolute Gasteiger partial charge is 0.326 e. The van der Waals surface area contributed by atoms with Crippen LogP contribution < -0.4 is 5.73 Å². The SMILES string of the molecule is CCC1CCCN(S(=O)(=O)c2ccc(F)c(CN)c2F)C1. The molecule has 0 saturated carbocycles. The molecular weight excluding hydrogens is 298 g/mol. The van der Waals surface area contributed by atoms with Crippen molar-refractivity contribution in [2.24, 2.45) is 11.7 Å². The molecule has 1 aliphatic rings. The second-order valence-electron chi connectivity index (χ2n) is 5.32. The average molecular weight is 318 g/mol. The molecule has 1 aromatic carbocycles. The highest BCUT2D eigenvalue weighted by Crippen LogP contribution is 2.28. The van der Waals surface area contributed by atoms with Crippen LogP contribution in [0, 0.1) is 17.6 Å². The van der Waals surface area contributed by atoms with Crippen LogP contribution in [0.1, 0.15) is 31.7 Å². The summed E-state index contributed by atoms with van der Waals surface area (Å²) in [5, 5.41) is 0. The van der Waals surface area contributed by atoms with Gasteiger partial charge in [-0.1, -0.05) is 13.3 Å². The lowest BCUT2D eigenvalue weighted by Crippen LogP contribution is -2.40. The van der Waals surface area contributed by atoms with E-state index < -0.39 is 26.6 Å². The summed E-state index contributed by atoms with van der Waals surface area (Å²) in [6.45, 7) is 2.38. The predicted molar refractivity (Wildman–Crippen MR) is 76.0 cm³/mol. The Bertz CT molecular complexity index is 620. The normalized spacial score (nSPS) is 20.7. The van der Waals surface area contributed by atoms with E-state index in [-0.39, 0.29) is 18.0 Å². The van der Waals surface area contributed by atoms with Crippen molar-refractivity contribution in [2.45, 2.75) is 37.6 Å². The van der Waals surface area contributed by atoms with Gasteiger partial charge in [0.1, 0.15) is 10.7 Å². The highest BCUT2D eigenvalue weighted by molar-refractivity contribution is 7.89. The molecule has 0 aliphatic carbocycles. The second-order valence-corrected chi connectivity index (χ2v) is 7.23. The van der Waals surface area contributed by atoms with Crippen LogP contribution in [-0.4, -0.2) is 25.8 Å². The van der Waals surface area contributed by atoms with E-state index >= 15 is 0 Å². The van der Waals surface area contributed by atoms with E-state index in [1.807, 2.05) is 6.92 Å². The summed E-state index contributed by atoms with van der Waals surface area (Å²) < 4.78 is 54.1. The van der Waals surface area contributed by atoms with Crippen LogP contribution in [0.2, 0.25) is 0 Å². The van der Waals surface area contributed by atoms with Crippen LogP contribution in [-0.2, 0) is 16.6 Å². The first-order valence-electron chi connectivity index (χ1n) is 7.08. The Labute approximate surface area is 124 Å². The topological polar surface area (TPSA) is 63.4 Å². The van der Waals surface area contributed by atoms with Gasteiger partial charge in [-0.15, -0.1) is 0 Å². The van der Waals surface area contributed by atoms with E-state index in [1.165, 1.54) is 4.31 Å². The molecule has 1 fully saturated rings. The molecule has 7 heteroatoms. The van der Waals surface area contributed by atoms with E-state index in [1.54, 1.807) is 0 Å². The van der Waals surface area contributed by atoms with Gasteiger partial charge in [0.2, 0.25) is 10.0 Å². The summed E-state index contributed by atoms with van der Waals surface area (Å²) >= 11 is 0. The summed E-state index contributed by atoms with van der Waals surface area (Å²) in [4.78, 5) is -0.485. The maximum absolute atomic E-state index is 14.2. The van der Waals surface area contributed by atoms with E-state index in [4.69, 9.17) is 5.73 Å². The molecule has 0 bridgehead atoms. The van der Waals surface area contributed by atoms with Gasteiger partial charge in [-0.2, -0.15) is 4.31 Å². The molecule has 1 aliphatic heterocycles. The fraction of sp³-hybridized carbons (Fsp3) is 0.571. The van der Waals surface area contributed by atoms with Gasteiger partial charge in [-0.05, 0) is 30.9 Å². The molecule has 1 saturated heterocycles. The number of hydrogen-bond acceptors (Lipinski definition) is 3. The molecule has 2 N–H and O–H groups in total. The predicted octanol–water partition coefficient (Wildman–Crippen LogP) is 2.23. The van der Waals surface area contributed by atoms with Gasteiger partial charge in [0, 0.05) is 25.2 Å². The van der Waals surface area contributed by atoms with Gasteiger partial charge in [0.05, 0.1) is 0 Å². The lowest BCUT2D eigenvalue weighted by Gasteiger charge is -2.31. The molecule has 2 rings (SSSR count). The zero-order valence-electron chi connectivity index (χ0n) is 12.0. The second kappa shape index (κ2) is 6.37. The molecule has 0 aromatic heterocycles. The average Bonchev–Trinajstić information content (AvgIpc) is 2.47. The van der Waals surface area contributed by atoms with E-state index in [0.717, 1.165) is 31.4 Å². The molecule has 1 atom stereocenters. The van der Waals surface area contributed by atoms with Crippen LogP contribution in [0.25, 0.3) is 0 Å². The Morgan fingerprint density at radius 1 is 1.38 bits per heavy atom. The first-order chi connectivity index (χ1) is 9.91. The Morgan fingerprint density at radius 3 is 2.71 bits per heavy atom. The van der Waals surface area contributed by atoms with Crippen molar-refractivity contribution in [3.8, 4) is 0 Å². The van der Waals surface area contributed by atoms with Gasteiger partial charge < -0.3 is 5.73 Å². The first-order valence-corrected chi connectivity index (χ1v) is 8.52. The highest BCUT2D eigenvalue weighted by Gasteiger charge is 2.32. The minimum atomic E-state index is -3.95. The molecule has 1 heterocycles. The van der Waals surface area contributed by atoms with Crippen LogP contribution >= 0.6 is 0 Å². The first kappa shape index (κ1) is 16.3. The number of sulfonamides is 1. The van der Waals surface area contributed by atoms with E-state index in [9.17, 15) is 17.2 Å². The van der Waals surface area contributed by atoms with Crippen molar-refractivity contribution in [3.05, 3.63) is 29.3 Å². The van der Waals surface area contributed by atoms with Crippen LogP contribution in [0.5, 0.6) is 0 Å². The molecule has 1 unspecified atom stereocenters. The van der Waals surface area contributed by atoms with Crippen molar-refractivity contribution in [3.63, 3.8) is 0 Å². The highest BCUT2D eigenvalue weighted by atomic mass is 32.2. The summed E-state index contributed by atoms with van der Waals surface area (Å²) in [6.07, 6.45) is 2.61. The molecular formula is C14H20F2N2O2S.